The third kappa shape index (κ3) is 3.32. The van der Waals surface area contributed by atoms with Crippen LogP contribution in [0.3, 0.4) is 0 Å². The SMILES string of the molecule is NCc1ccc(F)cc1CSc1ccccc1. The van der Waals surface area contributed by atoms with Crippen LogP contribution < -0.4 is 5.73 Å². The van der Waals surface area contributed by atoms with E-state index in [0.29, 0.717) is 6.54 Å². The minimum absolute atomic E-state index is 0.203. The summed E-state index contributed by atoms with van der Waals surface area (Å²) in [5, 5.41) is 0. The molecule has 0 saturated heterocycles. The third-order valence-corrected chi connectivity index (χ3v) is 3.59. The van der Waals surface area contributed by atoms with Crippen molar-refractivity contribution in [3.8, 4) is 0 Å². The fourth-order valence-electron chi connectivity index (χ4n) is 1.61. The molecule has 0 radical (unpaired) electrons. The largest absolute Gasteiger partial charge is 0.326 e. The summed E-state index contributed by atoms with van der Waals surface area (Å²) in [5.74, 6) is 0.541. The highest BCUT2D eigenvalue weighted by Crippen LogP contribution is 2.24. The zero-order valence-electron chi connectivity index (χ0n) is 9.40. The number of nitrogens with two attached hydrogens (primary N) is 1. The van der Waals surface area contributed by atoms with Crippen molar-refractivity contribution in [1.82, 2.24) is 0 Å². The molecule has 1 nitrogen and oxygen atoms in total. The lowest BCUT2D eigenvalue weighted by Gasteiger charge is -2.07. The van der Waals surface area contributed by atoms with Gasteiger partial charge in [0.2, 0.25) is 0 Å². The summed E-state index contributed by atoms with van der Waals surface area (Å²) in [5.41, 5.74) is 7.62. The number of hydrogen-bond acceptors (Lipinski definition) is 2. The van der Waals surface area contributed by atoms with Crippen LogP contribution in [0, 0.1) is 5.82 Å². The lowest BCUT2D eigenvalue weighted by atomic mass is 10.1. The van der Waals surface area contributed by atoms with Crippen molar-refractivity contribution in [1.29, 1.82) is 0 Å². The molecule has 0 heterocycles. The van der Waals surface area contributed by atoms with Gasteiger partial charge in [0.25, 0.3) is 0 Å². The molecule has 0 spiro atoms. The molecule has 17 heavy (non-hydrogen) atoms. The zero-order valence-corrected chi connectivity index (χ0v) is 10.2. The van der Waals surface area contributed by atoms with Crippen LogP contribution in [0.1, 0.15) is 11.1 Å². The van der Waals surface area contributed by atoms with Gasteiger partial charge >= 0.3 is 0 Å². The molecule has 0 fully saturated rings. The number of halogens is 1. The maximum absolute atomic E-state index is 13.2. The molecule has 0 bridgehead atoms. The summed E-state index contributed by atoms with van der Waals surface area (Å²) in [6, 6.07) is 14.9. The maximum atomic E-state index is 13.2. The van der Waals surface area contributed by atoms with E-state index in [1.165, 1.54) is 11.0 Å². The van der Waals surface area contributed by atoms with E-state index in [1.807, 2.05) is 30.3 Å². The van der Waals surface area contributed by atoms with Gasteiger partial charge in [0, 0.05) is 17.2 Å². The Morgan fingerprint density at radius 1 is 1.00 bits per heavy atom. The predicted octanol–water partition coefficient (Wildman–Crippen LogP) is 3.58. The molecule has 0 aliphatic rings. The second-order valence-corrected chi connectivity index (χ2v) is 4.77. The zero-order chi connectivity index (χ0) is 12.1. The molecular formula is C14H14FNS. The van der Waals surface area contributed by atoms with Crippen LogP contribution in [-0.4, -0.2) is 0 Å². The topological polar surface area (TPSA) is 26.0 Å². The Morgan fingerprint density at radius 2 is 1.76 bits per heavy atom. The summed E-state index contributed by atoms with van der Waals surface area (Å²) < 4.78 is 13.2. The number of benzene rings is 2. The molecule has 2 aromatic carbocycles. The number of rotatable bonds is 4. The van der Waals surface area contributed by atoms with E-state index in [1.54, 1.807) is 23.9 Å². The highest BCUT2D eigenvalue weighted by Gasteiger charge is 2.03. The van der Waals surface area contributed by atoms with Crippen LogP contribution in [0.5, 0.6) is 0 Å². The fraction of sp³-hybridized carbons (Fsp3) is 0.143. The Hall–Kier alpha value is -1.32. The third-order valence-electron chi connectivity index (χ3n) is 2.53. The quantitative estimate of drug-likeness (QED) is 0.836. The highest BCUT2D eigenvalue weighted by atomic mass is 32.2. The minimum Gasteiger partial charge on any atom is -0.326 e. The first-order chi connectivity index (χ1) is 8.29. The summed E-state index contributed by atoms with van der Waals surface area (Å²) in [6.45, 7) is 0.449. The van der Waals surface area contributed by atoms with Gasteiger partial charge in [0.05, 0.1) is 0 Å². The molecule has 2 rings (SSSR count). The van der Waals surface area contributed by atoms with Crippen molar-refractivity contribution in [3.63, 3.8) is 0 Å². The molecule has 88 valence electrons. The lowest BCUT2D eigenvalue weighted by molar-refractivity contribution is 0.625. The van der Waals surface area contributed by atoms with Gasteiger partial charge in [0.15, 0.2) is 0 Å². The van der Waals surface area contributed by atoms with E-state index in [9.17, 15) is 4.39 Å². The van der Waals surface area contributed by atoms with Crippen molar-refractivity contribution < 1.29 is 4.39 Å². The molecule has 0 aliphatic heterocycles. The standard InChI is InChI=1S/C14H14FNS/c15-13-7-6-11(9-16)12(8-13)10-17-14-4-2-1-3-5-14/h1-8H,9-10,16H2. The summed E-state index contributed by atoms with van der Waals surface area (Å²) in [4.78, 5) is 1.18. The lowest BCUT2D eigenvalue weighted by Crippen LogP contribution is -2.01. The average molecular weight is 247 g/mol. The monoisotopic (exact) mass is 247 g/mol. The number of thioether (sulfide) groups is 1. The average Bonchev–Trinajstić information content (AvgIpc) is 2.38. The van der Waals surface area contributed by atoms with Gasteiger partial charge < -0.3 is 5.73 Å². The van der Waals surface area contributed by atoms with E-state index in [2.05, 4.69) is 0 Å². The van der Waals surface area contributed by atoms with Crippen molar-refractivity contribution >= 4 is 11.8 Å². The van der Waals surface area contributed by atoms with Crippen molar-refractivity contribution in [2.45, 2.75) is 17.2 Å². The van der Waals surface area contributed by atoms with E-state index in [4.69, 9.17) is 5.73 Å². The maximum Gasteiger partial charge on any atom is 0.123 e. The van der Waals surface area contributed by atoms with Gasteiger partial charge in [0.1, 0.15) is 5.82 Å². The van der Waals surface area contributed by atoms with E-state index >= 15 is 0 Å². The predicted molar refractivity (Wildman–Crippen MR) is 70.3 cm³/mol. The molecule has 0 unspecified atom stereocenters. The smallest absolute Gasteiger partial charge is 0.123 e. The van der Waals surface area contributed by atoms with E-state index < -0.39 is 0 Å². The van der Waals surface area contributed by atoms with Gasteiger partial charge in [-0.2, -0.15) is 0 Å². The Bertz CT molecular complexity index is 485. The number of hydrogen-bond donors (Lipinski definition) is 1. The van der Waals surface area contributed by atoms with Gasteiger partial charge in [-0.3, -0.25) is 0 Å². The molecule has 0 amide bonds. The van der Waals surface area contributed by atoms with Crippen LogP contribution in [0.25, 0.3) is 0 Å². The van der Waals surface area contributed by atoms with Gasteiger partial charge in [-0.25, -0.2) is 4.39 Å². The Kier molecular flexibility index (Phi) is 4.18. The summed E-state index contributed by atoms with van der Waals surface area (Å²) in [7, 11) is 0. The fourth-order valence-corrected chi connectivity index (χ4v) is 2.55. The normalized spacial score (nSPS) is 10.5. The molecule has 3 heteroatoms. The van der Waals surface area contributed by atoms with Crippen molar-refractivity contribution in [2.24, 2.45) is 5.73 Å². The summed E-state index contributed by atoms with van der Waals surface area (Å²) >= 11 is 1.69. The summed E-state index contributed by atoms with van der Waals surface area (Å²) in [6.07, 6.45) is 0. The molecular weight excluding hydrogens is 233 g/mol. The first-order valence-electron chi connectivity index (χ1n) is 5.45. The van der Waals surface area contributed by atoms with Crippen LogP contribution in [-0.2, 0) is 12.3 Å². The van der Waals surface area contributed by atoms with Crippen molar-refractivity contribution in [3.05, 3.63) is 65.5 Å². The van der Waals surface area contributed by atoms with Crippen LogP contribution in [0.2, 0.25) is 0 Å². The van der Waals surface area contributed by atoms with Crippen LogP contribution in [0.4, 0.5) is 4.39 Å². The first-order valence-corrected chi connectivity index (χ1v) is 6.43. The van der Waals surface area contributed by atoms with Gasteiger partial charge in [-0.1, -0.05) is 24.3 Å². The molecule has 0 saturated carbocycles. The second kappa shape index (κ2) is 5.84. The second-order valence-electron chi connectivity index (χ2n) is 3.72. The molecule has 2 aromatic rings. The highest BCUT2D eigenvalue weighted by molar-refractivity contribution is 7.98. The Morgan fingerprint density at radius 3 is 2.47 bits per heavy atom. The van der Waals surface area contributed by atoms with Crippen LogP contribution in [0.15, 0.2) is 53.4 Å². The molecule has 0 atom stereocenters. The van der Waals surface area contributed by atoms with E-state index in [-0.39, 0.29) is 5.82 Å². The minimum atomic E-state index is -0.203. The van der Waals surface area contributed by atoms with Crippen LogP contribution >= 0.6 is 11.8 Å². The Balaban J connectivity index is 2.11. The van der Waals surface area contributed by atoms with Gasteiger partial charge in [-0.05, 0) is 35.4 Å². The molecule has 2 N–H and O–H groups in total. The molecule has 0 aromatic heterocycles. The van der Waals surface area contributed by atoms with Gasteiger partial charge in [-0.15, -0.1) is 11.8 Å². The first kappa shape index (κ1) is 12.1. The van der Waals surface area contributed by atoms with Crippen molar-refractivity contribution in [2.75, 3.05) is 0 Å². The molecule has 0 aliphatic carbocycles. The van der Waals surface area contributed by atoms with E-state index in [0.717, 1.165) is 16.9 Å². The Labute approximate surface area is 105 Å².